The first-order valence-corrected chi connectivity index (χ1v) is 11.4. The number of hydrogen-bond acceptors (Lipinski definition) is 6. The molecule has 1 fully saturated rings. The maximum Gasteiger partial charge on any atom is 0.243 e. The van der Waals surface area contributed by atoms with Crippen LogP contribution in [0.2, 0.25) is 0 Å². The van der Waals surface area contributed by atoms with Crippen molar-refractivity contribution in [3.8, 4) is 0 Å². The number of benzene rings is 1. The first-order valence-electron chi connectivity index (χ1n) is 8.31. The molecule has 0 amide bonds. The van der Waals surface area contributed by atoms with E-state index < -0.39 is 19.9 Å². The summed E-state index contributed by atoms with van der Waals surface area (Å²) in [6.07, 6.45) is 3.31. The Kier molecular flexibility index (Phi) is 5.42. The Labute approximate surface area is 154 Å². The number of piperazine rings is 1. The van der Waals surface area contributed by atoms with Crippen molar-refractivity contribution in [2.24, 2.45) is 0 Å². The van der Waals surface area contributed by atoms with E-state index in [-0.39, 0.29) is 21.6 Å². The van der Waals surface area contributed by atoms with Crippen LogP contribution in [0.15, 0.2) is 58.6 Å². The largest absolute Gasteiger partial charge is 0.313 e. The maximum absolute atomic E-state index is 13.1. The van der Waals surface area contributed by atoms with Gasteiger partial charge in [-0.2, -0.15) is 4.31 Å². The van der Waals surface area contributed by atoms with Crippen LogP contribution in [0, 0.1) is 0 Å². The fourth-order valence-corrected chi connectivity index (χ4v) is 5.45. The number of rotatable bonds is 5. The Balaban J connectivity index is 1.95. The smallest absolute Gasteiger partial charge is 0.243 e. The lowest BCUT2D eigenvalue weighted by Gasteiger charge is -2.35. The molecule has 2 heterocycles. The van der Waals surface area contributed by atoms with Crippen molar-refractivity contribution in [3.05, 3.63) is 54.4 Å². The van der Waals surface area contributed by atoms with Crippen molar-refractivity contribution in [2.75, 3.05) is 25.4 Å². The van der Waals surface area contributed by atoms with Gasteiger partial charge in [-0.15, -0.1) is 0 Å². The van der Waals surface area contributed by atoms with E-state index in [2.05, 4.69) is 10.3 Å². The van der Waals surface area contributed by atoms with Crippen molar-refractivity contribution in [1.82, 2.24) is 14.6 Å². The van der Waals surface area contributed by atoms with E-state index in [9.17, 15) is 16.8 Å². The van der Waals surface area contributed by atoms with Gasteiger partial charge in [0.25, 0.3) is 0 Å². The molecule has 0 aliphatic carbocycles. The van der Waals surface area contributed by atoms with E-state index in [4.69, 9.17) is 0 Å². The Bertz CT molecular complexity index is 959. The third-order valence-corrected chi connectivity index (χ3v) is 8.11. The van der Waals surface area contributed by atoms with Crippen LogP contribution >= 0.6 is 0 Å². The van der Waals surface area contributed by atoms with Crippen LogP contribution in [0.4, 0.5) is 0 Å². The normalized spacial score (nSPS) is 19.3. The lowest BCUT2D eigenvalue weighted by molar-refractivity contribution is 0.271. The molecular weight excluding hydrogens is 374 g/mol. The number of hydrogen-bond donors (Lipinski definition) is 1. The molecule has 26 heavy (non-hydrogen) atoms. The summed E-state index contributed by atoms with van der Waals surface area (Å²) in [4.78, 5) is 4.30. The van der Waals surface area contributed by atoms with Gasteiger partial charge in [0.15, 0.2) is 9.84 Å². The molecule has 1 aromatic carbocycles. The van der Waals surface area contributed by atoms with Crippen LogP contribution in [-0.4, -0.2) is 51.5 Å². The first-order chi connectivity index (χ1) is 12.4. The molecule has 1 aliphatic heterocycles. The Morgan fingerprint density at radius 3 is 2.42 bits per heavy atom. The number of pyridine rings is 1. The second kappa shape index (κ2) is 7.43. The van der Waals surface area contributed by atoms with Crippen LogP contribution in [0.1, 0.15) is 18.5 Å². The van der Waals surface area contributed by atoms with Crippen LogP contribution in [-0.2, 0) is 19.9 Å². The summed E-state index contributed by atoms with van der Waals surface area (Å²) in [5.41, 5.74) is 0.813. The first kappa shape index (κ1) is 19.0. The van der Waals surface area contributed by atoms with E-state index in [1.54, 1.807) is 25.4 Å². The molecule has 0 radical (unpaired) electrons. The van der Waals surface area contributed by atoms with E-state index in [0.29, 0.717) is 19.6 Å². The van der Waals surface area contributed by atoms with Crippen molar-refractivity contribution in [3.63, 3.8) is 0 Å². The fourth-order valence-electron chi connectivity index (χ4n) is 2.95. The molecule has 7 nitrogen and oxygen atoms in total. The molecule has 1 aromatic heterocycles. The predicted molar refractivity (Wildman–Crippen MR) is 97.9 cm³/mol. The molecule has 2 aromatic rings. The summed E-state index contributed by atoms with van der Waals surface area (Å²) in [5, 5.41) is 3.21. The number of nitrogens with zero attached hydrogens (tertiary/aromatic N) is 2. The van der Waals surface area contributed by atoms with Crippen molar-refractivity contribution < 1.29 is 16.8 Å². The molecule has 1 N–H and O–H groups in total. The zero-order chi connectivity index (χ0) is 18.8. The van der Waals surface area contributed by atoms with Crippen molar-refractivity contribution in [2.45, 2.75) is 22.8 Å². The standard InChI is InChI=1S/C17H21N3O4S2/c1-2-25(21,22)15-5-7-16(8-6-15)26(23,24)20-11-10-19-13-17(20)14-4-3-9-18-12-14/h3-9,12,17,19H,2,10-11,13H2,1H3. The molecule has 0 spiro atoms. The zero-order valence-electron chi connectivity index (χ0n) is 14.4. The van der Waals surface area contributed by atoms with E-state index in [0.717, 1.165) is 5.56 Å². The lowest BCUT2D eigenvalue weighted by Crippen LogP contribution is -2.48. The Morgan fingerprint density at radius 1 is 1.12 bits per heavy atom. The van der Waals surface area contributed by atoms with Crippen LogP contribution < -0.4 is 5.32 Å². The van der Waals surface area contributed by atoms with Gasteiger partial charge in [-0.05, 0) is 35.9 Å². The molecule has 1 atom stereocenters. The maximum atomic E-state index is 13.1. The van der Waals surface area contributed by atoms with Gasteiger partial charge in [0.05, 0.1) is 21.6 Å². The minimum Gasteiger partial charge on any atom is -0.313 e. The van der Waals surface area contributed by atoms with Gasteiger partial charge in [-0.1, -0.05) is 13.0 Å². The van der Waals surface area contributed by atoms with E-state index in [1.807, 2.05) is 6.07 Å². The summed E-state index contributed by atoms with van der Waals surface area (Å²) in [6, 6.07) is 8.70. The van der Waals surface area contributed by atoms with Crippen LogP contribution in [0.25, 0.3) is 0 Å². The number of sulfone groups is 1. The average molecular weight is 396 g/mol. The summed E-state index contributed by atoms with van der Waals surface area (Å²) in [7, 11) is -7.12. The molecule has 1 aliphatic rings. The second-order valence-corrected chi connectivity index (χ2v) is 10.2. The van der Waals surface area contributed by atoms with E-state index in [1.165, 1.54) is 28.6 Å². The molecule has 140 valence electrons. The van der Waals surface area contributed by atoms with Gasteiger partial charge < -0.3 is 5.32 Å². The number of sulfonamides is 1. The SMILES string of the molecule is CCS(=O)(=O)c1ccc(S(=O)(=O)N2CCNCC2c2cccnc2)cc1. The van der Waals surface area contributed by atoms with Crippen LogP contribution in [0.3, 0.4) is 0 Å². The van der Waals surface area contributed by atoms with Gasteiger partial charge >= 0.3 is 0 Å². The number of aromatic nitrogens is 1. The van der Waals surface area contributed by atoms with Gasteiger partial charge in [-0.25, -0.2) is 16.8 Å². The van der Waals surface area contributed by atoms with Crippen molar-refractivity contribution in [1.29, 1.82) is 0 Å². The van der Waals surface area contributed by atoms with Gasteiger partial charge in [-0.3, -0.25) is 4.98 Å². The third-order valence-electron chi connectivity index (χ3n) is 4.43. The molecule has 0 saturated carbocycles. The third kappa shape index (κ3) is 3.66. The van der Waals surface area contributed by atoms with Gasteiger partial charge in [0, 0.05) is 32.0 Å². The van der Waals surface area contributed by atoms with Gasteiger partial charge in [0.1, 0.15) is 0 Å². The summed E-state index contributed by atoms with van der Waals surface area (Å²) >= 11 is 0. The summed E-state index contributed by atoms with van der Waals surface area (Å²) in [5.74, 6) is -0.0278. The molecular formula is C17H21N3O4S2. The molecule has 9 heteroatoms. The Morgan fingerprint density at radius 2 is 1.81 bits per heavy atom. The molecule has 3 rings (SSSR count). The van der Waals surface area contributed by atoms with Crippen molar-refractivity contribution >= 4 is 19.9 Å². The summed E-state index contributed by atoms with van der Waals surface area (Å²) < 4.78 is 51.6. The lowest BCUT2D eigenvalue weighted by atomic mass is 10.1. The molecule has 0 bridgehead atoms. The highest BCUT2D eigenvalue weighted by molar-refractivity contribution is 7.91. The quantitative estimate of drug-likeness (QED) is 0.817. The Hall–Kier alpha value is -1.81. The highest BCUT2D eigenvalue weighted by Gasteiger charge is 2.34. The topological polar surface area (TPSA) is 96.4 Å². The molecule has 1 unspecified atom stereocenters. The van der Waals surface area contributed by atoms with Gasteiger partial charge in [0.2, 0.25) is 10.0 Å². The zero-order valence-corrected chi connectivity index (χ0v) is 16.0. The predicted octanol–water partition coefficient (Wildman–Crippen LogP) is 1.21. The highest BCUT2D eigenvalue weighted by Crippen LogP contribution is 2.29. The van der Waals surface area contributed by atoms with Crippen LogP contribution in [0.5, 0.6) is 0 Å². The second-order valence-electron chi connectivity index (χ2n) is 6.00. The minimum absolute atomic E-state index is 0.0278. The summed E-state index contributed by atoms with van der Waals surface area (Å²) in [6.45, 7) is 2.93. The highest BCUT2D eigenvalue weighted by atomic mass is 32.2. The van der Waals surface area contributed by atoms with E-state index >= 15 is 0 Å². The molecule has 1 saturated heterocycles. The fraction of sp³-hybridized carbons (Fsp3) is 0.353. The number of nitrogens with one attached hydrogen (secondary N) is 1. The minimum atomic E-state index is -3.76. The monoisotopic (exact) mass is 395 g/mol. The average Bonchev–Trinajstić information content (AvgIpc) is 2.69.